The highest BCUT2D eigenvalue weighted by Gasteiger charge is 2.33. The van der Waals surface area contributed by atoms with E-state index < -0.39 is 0 Å². The molecule has 2 unspecified atom stereocenters. The van der Waals surface area contributed by atoms with Gasteiger partial charge < -0.3 is 5.32 Å². The van der Waals surface area contributed by atoms with Crippen LogP contribution < -0.4 is 5.32 Å². The van der Waals surface area contributed by atoms with E-state index in [1.54, 1.807) is 12.1 Å². The summed E-state index contributed by atoms with van der Waals surface area (Å²) in [6.45, 7) is 1.09. The van der Waals surface area contributed by atoms with E-state index in [9.17, 15) is 4.39 Å². The summed E-state index contributed by atoms with van der Waals surface area (Å²) in [4.78, 5) is 0. The van der Waals surface area contributed by atoms with E-state index in [1.165, 1.54) is 23.3 Å². The zero-order valence-electron chi connectivity index (χ0n) is 8.50. The maximum absolute atomic E-state index is 13.1. The number of rotatable bonds is 0. The highest BCUT2D eigenvalue weighted by atomic mass is 32.2. The second-order valence-electron chi connectivity index (χ2n) is 4.24. The molecule has 3 rings (SSSR count). The maximum Gasteiger partial charge on any atom is 0.123 e. The topological polar surface area (TPSA) is 12.0 Å². The Morgan fingerprint density at radius 3 is 3.27 bits per heavy atom. The normalized spacial score (nSPS) is 29.4. The van der Waals surface area contributed by atoms with Crippen molar-refractivity contribution in [2.45, 2.75) is 24.1 Å². The zero-order valence-corrected chi connectivity index (χ0v) is 9.32. The van der Waals surface area contributed by atoms with E-state index in [2.05, 4.69) is 5.32 Å². The third-order valence-corrected chi connectivity index (χ3v) is 4.64. The average Bonchev–Trinajstić information content (AvgIpc) is 2.42. The van der Waals surface area contributed by atoms with E-state index in [0.29, 0.717) is 11.3 Å². The van der Waals surface area contributed by atoms with Crippen LogP contribution in [0.15, 0.2) is 18.2 Å². The molecule has 2 atom stereocenters. The lowest BCUT2D eigenvalue weighted by molar-refractivity contribution is 0.552. The van der Waals surface area contributed by atoms with Crippen molar-refractivity contribution in [3.8, 4) is 0 Å². The van der Waals surface area contributed by atoms with E-state index >= 15 is 0 Å². The Bertz CT molecular complexity index is 380. The van der Waals surface area contributed by atoms with Gasteiger partial charge in [0.05, 0.1) is 0 Å². The van der Waals surface area contributed by atoms with Crippen molar-refractivity contribution in [3.63, 3.8) is 0 Å². The van der Waals surface area contributed by atoms with Gasteiger partial charge in [-0.1, -0.05) is 6.07 Å². The number of fused-ring (bicyclic) bond motifs is 3. The van der Waals surface area contributed by atoms with Crippen LogP contribution in [0.25, 0.3) is 0 Å². The summed E-state index contributed by atoms with van der Waals surface area (Å²) in [5, 5.41) is 4.19. The Balaban J connectivity index is 1.97. The molecule has 1 fully saturated rings. The molecule has 1 nitrogen and oxygen atoms in total. The van der Waals surface area contributed by atoms with Crippen LogP contribution >= 0.6 is 11.8 Å². The summed E-state index contributed by atoms with van der Waals surface area (Å²) in [5.41, 5.74) is 2.52. The molecule has 0 bridgehead atoms. The minimum atomic E-state index is -0.102. The van der Waals surface area contributed by atoms with Gasteiger partial charge in [-0.25, -0.2) is 4.39 Å². The molecule has 0 spiro atoms. The van der Waals surface area contributed by atoms with Crippen LogP contribution in [0.2, 0.25) is 0 Å². The molecule has 0 radical (unpaired) electrons. The maximum atomic E-state index is 13.1. The fraction of sp³-hybridized carbons (Fsp3) is 0.500. The summed E-state index contributed by atoms with van der Waals surface area (Å²) in [5.74, 6) is 1.13. The summed E-state index contributed by atoms with van der Waals surface area (Å²) < 4.78 is 13.1. The Kier molecular flexibility index (Phi) is 2.45. The molecule has 1 aliphatic carbocycles. The molecule has 3 heteroatoms. The second kappa shape index (κ2) is 3.80. The largest absolute Gasteiger partial charge is 0.309 e. The molecule has 1 aliphatic heterocycles. The standard InChI is InChI=1S/C12H14FNS/c13-9-2-3-10-8(6-9)7-11-12(10)14-4-1-5-15-11/h2-3,6,11-12,14H,1,4-5,7H2. The lowest BCUT2D eigenvalue weighted by Crippen LogP contribution is -2.25. The van der Waals surface area contributed by atoms with Crippen LogP contribution in [0, 0.1) is 5.82 Å². The van der Waals surface area contributed by atoms with Gasteiger partial charge >= 0.3 is 0 Å². The van der Waals surface area contributed by atoms with Crippen LogP contribution in [0.3, 0.4) is 0 Å². The smallest absolute Gasteiger partial charge is 0.123 e. The molecule has 1 aromatic rings. The average molecular weight is 223 g/mol. The zero-order chi connectivity index (χ0) is 10.3. The van der Waals surface area contributed by atoms with Crippen LogP contribution in [0.4, 0.5) is 4.39 Å². The molecule has 80 valence electrons. The fourth-order valence-electron chi connectivity index (χ4n) is 2.55. The first-order valence-corrected chi connectivity index (χ1v) is 6.53. The number of hydrogen-bond acceptors (Lipinski definition) is 2. The third kappa shape index (κ3) is 1.68. The van der Waals surface area contributed by atoms with Crippen molar-refractivity contribution in [3.05, 3.63) is 35.1 Å². The Morgan fingerprint density at radius 2 is 2.33 bits per heavy atom. The summed E-state index contributed by atoms with van der Waals surface area (Å²) in [6.07, 6.45) is 2.27. The highest BCUT2D eigenvalue weighted by Crippen LogP contribution is 2.40. The molecule has 1 N–H and O–H groups in total. The van der Waals surface area contributed by atoms with Crippen LogP contribution in [0.1, 0.15) is 23.6 Å². The van der Waals surface area contributed by atoms with Crippen molar-refractivity contribution in [1.82, 2.24) is 5.32 Å². The molecule has 1 saturated heterocycles. The van der Waals surface area contributed by atoms with Gasteiger partial charge in [-0.3, -0.25) is 0 Å². The quantitative estimate of drug-likeness (QED) is 0.725. The van der Waals surface area contributed by atoms with Crippen LogP contribution in [0.5, 0.6) is 0 Å². The highest BCUT2D eigenvalue weighted by molar-refractivity contribution is 7.99. The van der Waals surface area contributed by atoms with E-state index in [0.717, 1.165) is 13.0 Å². The molecule has 0 amide bonds. The minimum Gasteiger partial charge on any atom is -0.309 e. The lowest BCUT2D eigenvalue weighted by atomic mass is 10.1. The van der Waals surface area contributed by atoms with Gasteiger partial charge in [0.2, 0.25) is 0 Å². The molecule has 1 heterocycles. The monoisotopic (exact) mass is 223 g/mol. The first kappa shape index (κ1) is 9.67. The Hall–Kier alpha value is -0.540. The van der Waals surface area contributed by atoms with E-state index in [1.807, 2.05) is 17.8 Å². The van der Waals surface area contributed by atoms with Gasteiger partial charge in [0.15, 0.2) is 0 Å². The number of hydrogen-bond donors (Lipinski definition) is 1. The lowest BCUT2D eigenvalue weighted by Gasteiger charge is -2.17. The number of thioether (sulfide) groups is 1. The van der Waals surface area contributed by atoms with E-state index in [4.69, 9.17) is 0 Å². The second-order valence-corrected chi connectivity index (χ2v) is 5.59. The van der Waals surface area contributed by atoms with Crippen LogP contribution in [-0.2, 0) is 6.42 Å². The van der Waals surface area contributed by atoms with Gasteiger partial charge in [0.1, 0.15) is 5.82 Å². The molecule has 0 saturated carbocycles. The van der Waals surface area contributed by atoms with Gasteiger partial charge in [0.25, 0.3) is 0 Å². The van der Waals surface area contributed by atoms with Gasteiger partial charge in [-0.2, -0.15) is 11.8 Å². The predicted molar refractivity (Wildman–Crippen MR) is 61.7 cm³/mol. The minimum absolute atomic E-state index is 0.102. The van der Waals surface area contributed by atoms with Crippen molar-refractivity contribution in [2.75, 3.05) is 12.3 Å². The molecule has 0 aromatic heterocycles. The molecular formula is C12H14FNS. The molecular weight excluding hydrogens is 209 g/mol. The molecule has 1 aromatic carbocycles. The summed E-state index contributed by atoms with van der Waals surface area (Å²) >= 11 is 2.03. The van der Waals surface area contributed by atoms with Crippen molar-refractivity contribution < 1.29 is 4.39 Å². The Morgan fingerprint density at radius 1 is 1.40 bits per heavy atom. The first-order valence-electron chi connectivity index (χ1n) is 5.48. The fourth-order valence-corrected chi connectivity index (χ4v) is 3.90. The molecule has 2 aliphatic rings. The van der Waals surface area contributed by atoms with Gasteiger partial charge in [-0.15, -0.1) is 0 Å². The summed E-state index contributed by atoms with van der Waals surface area (Å²) in [7, 11) is 0. The van der Waals surface area contributed by atoms with Crippen molar-refractivity contribution >= 4 is 11.8 Å². The van der Waals surface area contributed by atoms with E-state index in [-0.39, 0.29) is 5.82 Å². The predicted octanol–water partition coefficient (Wildman–Crippen LogP) is 2.52. The summed E-state index contributed by atoms with van der Waals surface area (Å²) in [6, 6.07) is 5.69. The van der Waals surface area contributed by atoms with Crippen LogP contribution in [-0.4, -0.2) is 17.5 Å². The third-order valence-electron chi connectivity index (χ3n) is 3.25. The Labute approximate surface area is 93.4 Å². The first-order chi connectivity index (χ1) is 7.34. The van der Waals surface area contributed by atoms with Crippen molar-refractivity contribution in [2.24, 2.45) is 0 Å². The number of halogens is 1. The van der Waals surface area contributed by atoms with Gasteiger partial charge in [-0.05, 0) is 48.4 Å². The van der Waals surface area contributed by atoms with Gasteiger partial charge in [0, 0.05) is 11.3 Å². The number of nitrogens with one attached hydrogen (secondary N) is 1. The van der Waals surface area contributed by atoms with Crippen molar-refractivity contribution in [1.29, 1.82) is 0 Å². The SMILES string of the molecule is Fc1ccc2c(c1)CC1SCCCNC21. The number of benzene rings is 1. The molecule has 15 heavy (non-hydrogen) atoms.